The molecule has 2 aliphatic heterocycles. The van der Waals surface area contributed by atoms with Crippen molar-refractivity contribution in [2.75, 3.05) is 52.4 Å². The fourth-order valence-electron chi connectivity index (χ4n) is 7.18. The highest BCUT2D eigenvalue weighted by Crippen LogP contribution is 2.21. The highest BCUT2D eigenvalue weighted by Gasteiger charge is 2.42. The smallest absolute Gasteiger partial charge is 0.411 e. The summed E-state index contributed by atoms with van der Waals surface area (Å²) < 4.78 is 15.1. The summed E-state index contributed by atoms with van der Waals surface area (Å²) in [5, 5.41) is 6.61. The maximum atomic E-state index is 14.2. The standard InChI is InChI=1S/C28H41N5O5.C18H25N5O/c1-27(2,3)37-25(35)32-15-16-33(26(36)38-28(4,5)6)23(19-32)24(34)31(18-21-11-9-8-10-12-21)14-13-22-17-29-20-30(22)7;1-22-14-20-11-16(22)7-10-23(13-15-5-3-2-4-6-15)18(24)17-12-19-8-9-21-17/h8-12,17,20,23H,13-16,18-19H2,1-7H3;2-6,11,14,17,19,21H,7-10,12-13H2,1H3/t23-;17-/m11/s1. The zero-order chi connectivity index (χ0) is 44.9. The van der Waals surface area contributed by atoms with E-state index in [1.807, 2.05) is 82.9 Å². The van der Waals surface area contributed by atoms with Gasteiger partial charge in [0.05, 0.1) is 25.2 Å². The largest absolute Gasteiger partial charge is 0.444 e. The van der Waals surface area contributed by atoms with Crippen molar-refractivity contribution in [2.24, 2.45) is 14.1 Å². The Morgan fingerprint density at radius 1 is 0.694 bits per heavy atom. The van der Waals surface area contributed by atoms with Crippen molar-refractivity contribution in [2.45, 2.75) is 90.8 Å². The minimum atomic E-state index is -0.915. The van der Waals surface area contributed by atoms with Crippen LogP contribution in [0.15, 0.2) is 85.7 Å². The van der Waals surface area contributed by atoms with E-state index in [2.05, 4.69) is 32.7 Å². The summed E-state index contributed by atoms with van der Waals surface area (Å²) in [4.78, 5) is 68.2. The normalized spacial score (nSPS) is 16.8. The van der Waals surface area contributed by atoms with Crippen LogP contribution in [0, 0.1) is 0 Å². The minimum Gasteiger partial charge on any atom is -0.444 e. The van der Waals surface area contributed by atoms with Gasteiger partial charge in [0.2, 0.25) is 11.8 Å². The van der Waals surface area contributed by atoms with Crippen molar-refractivity contribution in [3.05, 3.63) is 108 Å². The molecule has 2 N–H and O–H groups in total. The van der Waals surface area contributed by atoms with Crippen LogP contribution in [0.2, 0.25) is 0 Å². The third-order valence-electron chi connectivity index (χ3n) is 10.4. The minimum absolute atomic E-state index is 0.0178. The Hall–Kier alpha value is -5.74. The molecule has 0 bridgehead atoms. The zero-order valence-corrected chi connectivity index (χ0v) is 37.8. The molecule has 2 aromatic carbocycles. The topological polar surface area (TPSA) is 159 Å². The lowest BCUT2D eigenvalue weighted by Crippen LogP contribution is -2.62. The molecule has 2 aromatic heterocycles. The molecular formula is C46H66N10O6. The molecule has 0 aliphatic carbocycles. The number of ether oxygens (including phenoxy) is 2. The molecule has 2 atom stereocenters. The summed E-state index contributed by atoms with van der Waals surface area (Å²) in [6.07, 6.45) is 7.47. The maximum Gasteiger partial charge on any atom is 0.411 e. The van der Waals surface area contributed by atoms with E-state index < -0.39 is 29.4 Å². The average Bonchev–Trinajstić information content (AvgIpc) is 3.86. The van der Waals surface area contributed by atoms with Gasteiger partial charge in [0.25, 0.3) is 0 Å². The molecule has 2 fully saturated rings. The average molecular weight is 855 g/mol. The van der Waals surface area contributed by atoms with Crippen LogP contribution in [0.3, 0.4) is 0 Å². The van der Waals surface area contributed by atoms with E-state index in [4.69, 9.17) is 9.47 Å². The summed E-state index contributed by atoms with van der Waals surface area (Å²) in [7, 11) is 3.90. The molecule has 62 heavy (non-hydrogen) atoms. The van der Waals surface area contributed by atoms with E-state index in [0.29, 0.717) is 39.1 Å². The number of amides is 4. The van der Waals surface area contributed by atoms with E-state index in [-0.39, 0.29) is 37.5 Å². The van der Waals surface area contributed by atoms with Crippen molar-refractivity contribution in [1.29, 1.82) is 0 Å². The summed E-state index contributed by atoms with van der Waals surface area (Å²) in [6.45, 7) is 15.7. The SMILES string of the molecule is Cn1cncc1CCN(Cc1ccccc1)C(=O)[C@H]1CN(C(=O)OC(C)(C)C)CCN1C(=O)OC(C)(C)C.Cn1cncc1CCN(Cc1ccccc1)C(=O)[C@H]1CNCCN1. The highest BCUT2D eigenvalue weighted by atomic mass is 16.6. The van der Waals surface area contributed by atoms with Gasteiger partial charge < -0.3 is 43.9 Å². The van der Waals surface area contributed by atoms with Crippen LogP contribution >= 0.6 is 0 Å². The number of carbonyl (C=O) groups is 4. The van der Waals surface area contributed by atoms with Gasteiger partial charge in [-0.3, -0.25) is 14.5 Å². The third kappa shape index (κ3) is 14.4. The van der Waals surface area contributed by atoms with Gasteiger partial charge in [-0.25, -0.2) is 19.6 Å². The predicted octanol–water partition coefficient (Wildman–Crippen LogP) is 4.40. The summed E-state index contributed by atoms with van der Waals surface area (Å²) in [5.41, 5.74) is 2.83. The molecule has 0 spiro atoms. The van der Waals surface area contributed by atoms with E-state index in [9.17, 15) is 19.2 Å². The Kier molecular flexibility index (Phi) is 16.7. The number of aryl methyl sites for hydroxylation is 2. The fraction of sp³-hybridized carbons (Fsp3) is 0.522. The van der Waals surface area contributed by atoms with E-state index in [0.717, 1.165) is 42.0 Å². The Labute approximate surface area is 366 Å². The first-order chi connectivity index (χ1) is 29.5. The molecule has 6 rings (SSSR count). The van der Waals surface area contributed by atoms with Gasteiger partial charge >= 0.3 is 12.2 Å². The van der Waals surface area contributed by atoms with Gasteiger partial charge in [-0.1, -0.05) is 60.7 Å². The zero-order valence-electron chi connectivity index (χ0n) is 37.8. The lowest BCUT2D eigenvalue weighted by Gasteiger charge is -2.42. The quantitative estimate of drug-likeness (QED) is 0.209. The molecule has 0 saturated carbocycles. The molecule has 4 heterocycles. The summed E-state index contributed by atoms with van der Waals surface area (Å²) in [6, 6.07) is 18.8. The lowest BCUT2D eigenvalue weighted by atomic mass is 10.1. The number of nitrogens with one attached hydrogen (secondary N) is 2. The van der Waals surface area contributed by atoms with Crippen LogP contribution in [0.5, 0.6) is 0 Å². The fourth-order valence-corrected chi connectivity index (χ4v) is 7.18. The van der Waals surface area contributed by atoms with Crippen LogP contribution in [0.4, 0.5) is 9.59 Å². The van der Waals surface area contributed by atoms with Gasteiger partial charge in [-0.05, 0) is 52.7 Å². The van der Waals surface area contributed by atoms with Crippen molar-refractivity contribution < 1.29 is 28.7 Å². The summed E-state index contributed by atoms with van der Waals surface area (Å²) in [5.74, 6) is -0.0941. The van der Waals surface area contributed by atoms with Gasteiger partial charge in [-0.2, -0.15) is 0 Å². The molecule has 2 saturated heterocycles. The first-order valence-electron chi connectivity index (χ1n) is 21.4. The molecule has 0 radical (unpaired) electrons. The van der Waals surface area contributed by atoms with Gasteiger partial charge in [-0.15, -0.1) is 0 Å². The van der Waals surface area contributed by atoms with Crippen LogP contribution in [0.1, 0.15) is 64.1 Å². The number of nitrogens with zero attached hydrogens (tertiary/aromatic N) is 8. The van der Waals surface area contributed by atoms with Crippen LogP contribution in [0.25, 0.3) is 0 Å². The highest BCUT2D eigenvalue weighted by molar-refractivity contribution is 5.87. The second-order valence-corrected chi connectivity index (χ2v) is 17.8. The number of aromatic nitrogens is 4. The number of benzene rings is 2. The Balaban J connectivity index is 0.000000259. The van der Waals surface area contributed by atoms with Crippen LogP contribution in [-0.2, 0) is 59.1 Å². The molecule has 16 nitrogen and oxygen atoms in total. The number of carbonyl (C=O) groups excluding carboxylic acids is 4. The van der Waals surface area contributed by atoms with Crippen molar-refractivity contribution in [1.82, 2.24) is 49.3 Å². The van der Waals surface area contributed by atoms with E-state index in [1.54, 1.807) is 65.3 Å². The number of hydrogen-bond acceptors (Lipinski definition) is 10. The molecule has 16 heteroatoms. The number of rotatable bonds is 12. The molecule has 336 valence electrons. The molecule has 2 aliphatic rings. The maximum absolute atomic E-state index is 14.2. The first-order valence-corrected chi connectivity index (χ1v) is 21.4. The first kappa shape index (κ1) is 47.3. The number of piperazine rings is 2. The number of hydrogen-bond donors (Lipinski definition) is 2. The van der Waals surface area contributed by atoms with Crippen LogP contribution < -0.4 is 10.6 Å². The van der Waals surface area contributed by atoms with Crippen LogP contribution in [-0.4, -0.2) is 138 Å². The van der Waals surface area contributed by atoms with Crippen molar-refractivity contribution >= 4 is 24.0 Å². The Bertz CT molecular complexity index is 2040. The predicted molar refractivity (Wildman–Crippen MR) is 237 cm³/mol. The van der Waals surface area contributed by atoms with Gasteiger partial charge in [0.15, 0.2) is 0 Å². The van der Waals surface area contributed by atoms with Gasteiger partial charge in [0.1, 0.15) is 17.2 Å². The third-order valence-corrected chi connectivity index (χ3v) is 10.4. The summed E-state index contributed by atoms with van der Waals surface area (Å²) >= 11 is 0. The van der Waals surface area contributed by atoms with E-state index >= 15 is 0 Å². The second kappa shape index (κ2) is 21.9. The lowest BCUT2D eigenvalue weighted by molar-refractivity contribution is -0.139. The molecule has 0 unspecified atom stereocenters. The van der Waals surface area contributed by atoms with Crippen molar-refractivity contribution in [3.63, 3.8) is 0 Å². The second-order valence-electron chi connectivity index (χ2n) is 17.8. The molecule has 4 aromatic rings. The molecular weight excluding hydrogens is 789 g/mol. The van der Waals surface area contributed by atoms with Gasteiger partial charge in [0, 0.05) is 110 Å². The van der Waals surface area contributed by atoms with Crippen molar-refractivity contribution in [3.8, 4) is 0 Å². The number of imidazole rings is 2. The van der Waals surface area contributed by atoms with E-state index in [1.165, 1.54) is 9.80 Å². The monoisotopic (exact) mass is 855 g/mol. The Morgan fingerprint density at radius 3 is 1.65 bits per heavy atom. The molecule has 4 amide bonds. The Morgan fingerprint density at radius 2 is 1.19 bits per heavy atom.